The maximum Gasteiger partial charge on any atom is 0.210 e. The minimum atomic E-state index is -0.890. The van der Waals surface area contributed by atoms with Crippen LogP contribution in [0.4, 0.5) is 4.39 Å². The van der Waals surface area contributed by atoms with Gasteiger partial charge >= 0.3 is 0 Å². The van der Waals surface area contributed by atoms with E-state index in [0.717, 1.165) is 0 Å². The molecule has 0 saturated heterocycles. The van der Waals surface area contributed by atoms with E-state index in [1.807, 2.05) is 0 Å². The van der Waals surface area contributed by atoms with E-state index in [2.05, 4.69) is 5.32 Å². The van der Waals surface area contributed by atoms with Crippen molar-refractivity contribution in [2.45, 2.75) is 6.42 Å². The molecule has 0 aliphatic carbocycles. The molecule has 3 nitrogen and oxygen atoms in total. The Balaban J connectivity index is 2.78. The fourth-order valence-electron chi connectivity index (χ4n) is 0.954. The Morgan fingerprint density at radius 2 is 2.40 bits per heavy atom. The first kappa shape index (κ1) is 7.21. The van der Waals surface area contributed by atoms with Crippen molar-refractivity contribution < 1.29 is 4.39 Å². The summed E-state index contributed by atoms with van der Waals surface area (Å²) in [6, 6.07) is 0. The Kier molecular flexibility index (Phi) is 2.01. The molecule has 56 valence electrons. The molecule has 0 unspecified atom stereocenters. The van der Waals surface area contributed by atoms with Gasteiger partial charge in [-0.2, -0.15) is 4.39 Å². The summed E-state index contributed by atoms with van der Waals surface area (Å²) in [5.74, 6) is -0.890. The van der Waals surface area contributed by atoms with Crippen LogP contribution in [-0.4, -0.2) is 19.1 Å². The van der Waals surface area contributed by atoms with Gasteiger partial charge in [0.1, 0.15) is 0 Å². The van der Waals surface area contributed by atoms with Crippen molar-refractivity contribution in [2.24, 2.45) is 5.73 Å². The number of nitrogens with two attached hydrogens (primary N) is 1. The predicted molar refractivity (Wildman–Crippen MR) is 37.5 cm³/mol. The molecule has 0 aromatic carbocycles. The average molecular weight is 143 g/mol. The summed E-state index contributed by atoms with van der Waals surface area (Å²) in [6.07, 6.45) is 0.529. The summed E-state index contributed by atoms with van der Waals surface area (Å²) < 4.78 is 12.3. The van der Waals surface area contributed by atoms with E-state index in [1.165, 1.54) is 0 Å². The third-order valence-corrected chi connectivity index (χ3v) is 1.52. The summed E-state index contributed by atoms with van der Waals surface area (Å²) in [7, 11) is 0. The van der Waals surface area contributed by atoms with Crippen LogP contribution in [-0.2, 0) is 0 Å². The van der Waals surface area contributed by atoms with Gasteiger partial charge in [0, 0.05) is 17.8 Å². The first-order valence-corrected chi connectivity index (χ1v) is 3.14. The van der Waals surface area contributed by atoms with Crippen LogP contribution in [0.25, 0.3) is 0 Å². The van der Waals surface area contributed by atoms with Crippen molar-refractivity contribution in [1.82, 2.24) is 5.32 Å². The zero-order valence-corrected chi connectivity index (χ0v) is 5.58. The molecule has 4 heteroatoms. The molecule has 0 radical (unpaired) electrons. The quantitative estimate of drug-likeness (QED) is 0.457. The first-order valence-electron chi connectivity index (χ1n) is 3.14. The smallest absolute Gasteiger partial charge is 0.210 e. The molecule has 0 bridgehead atoms. The lowest BCUT2D eigenvalue weighted by molar-refractivity contribution is 0.667. The summed E-state index contributed by atoms with van der Waals surface area (Å²) in [6.45, 7) is 1.21. The molecule has 0 atom stereocenters. The number of hydrogen-bond donors (Lipinski definition) is 3. The largest absolute Gasteiger partial charge is 0.401 e. The van der Waals surface area contributed by atoms with Gasteiger partial charge in [-0.05, 0) is 13.0 Å². The highest BCUT2D eigenvalue weighted by molar-refractivity contribution is 5.90. The number of nitrogens with one attached hydrogen (secondary N) is 2. The molecule has 0 spiro atoms. The molecule has 0 amide bonds. The van der Waals surface area contributed by atoms with Crippen molar-refractivity contribution >= 4 is 5.97 Å². The Labute approximate surface area is 58.6 Å². The highest BCUT2D eigenvalue weighted by atomic mass is 19.1. The van der Waals surface area contributed by atoms with Gasteiger partial charge in [-0.3, -0.25) is 5.41 Å². The maximum atomic E-state index is 12.3. The molecule has 1 aliphatic rings. The topological polar surface area (TPSA) is 61.9 Å². The van der Waals surface area contributed by atoms with E-state index in [1.54, 1.807) is 0 Å². The average Bonchev–Trinajstić information content (AvgIpc) is 1.88. The van der Waals surface area contributed by atoms with Gasteiger partial charge in [0.05, 0.1) is 0 Å². The van der Waals surface area contributed by atoms with Gasteiger partial charge in [-0.25, -0.2) is 0 Å². The zero-order chi connectivity index (χ0) is 7.56. The van der Waals surface area contributed by atoms with Gasteiger partial charge in [0.15, 0.2) is 0 Å². The van der Waals surface area contributed by atoms with E-state index in [9.17, 15) is 4.39 Å². The lowest BCUT2D eigenvalue weighted by Gasteiger charge is -2.15. The van der Waals surface area contributed by atoms with Crippen LogP contribution in [0.5, 0.6) is 0 Å². The molecule has 4 N–H and O–H groups in total. The van der Waals surface area contributed by atoms with Gasteiger partial charge in [-0.1, -0.05) is 0 Å². The van der Waals surface area contributed by atoms with Crippen molar-refractivity contribution in [3.8, 4) is 0 Å². The Hall–Kier alpha value is -0.900. The van der Waals surface area contributed by atoms with Gasteiger partial charge in [0.2, 0.25) is 5.97 Å². The molecule has 1 heterocycles. The van der Waals surface area contributed by atoms with Crippen LogP contribution >= 0.6 is 0 Å². The molecule has 0 fully saturated rings. The second kappa shape index (κ2) is 2.79. The van der Waals surface area contributed by atoms with E-state index >= 15 is 0 Å². The van der Waals surface area contributed by atoms with Crippen LogP contribution in [0.1, 0.15) is 6.42 Å². The second-order valence-electron chi connectivity index (χ2n) is 2.24. The summed E-state index contributed by atoms with van der Waals surface area (Å²) in [5.41, 5.74) is 6.23. The summed E-state index contributed by atoms with van der Waals surface area (Å²) in [4.78, 5) is 0. The highest BCUT2D eigenvalue weighted by Crippen LogP contribution is 2.09. The molecule has 0 aromatic rings. The molecule has 10 heavy (non-hydrogen) atoms. The summed E-state index contributed by atoms with van der Waals surface area (Å²) >= 11 is 0. The van der Waals surface area contributed by atoms with Gasteiger partial charge in [0.25, 0.3) is 0 Å². The van der Waals surface area contributed by atoms with Crippen LogP contribution < -0.4 is 11.1 Å². The van der Waals surface area contributed by atoms with Crippen LogP contribution in [0.2, 0.25) is 0 Å². The van der Waals surface area contributed by atoms with Crippen molar-refractivity contribution in [3.05, 3.63) is 11.3 Å². The highest BCUT2D eigenvalue weighted by Gasteiger charge is 2.12. The molecule has 1 aliphatic heterocycles. The molecular weight excluding hydrogens is 133 g/mol. The van der Waals surface area contributed by atoms with Gasteiger partial charge in [-0.15, -0.1) is 0 Å². The molecule has 0 aromatic heterocycles. The third-order valence-electron chi connectivity index (χ3n) is 1.52. The number of halogens is 1. The van der Waals surface area contributed by atoms with Crippen LogP contribution in [0.3, 0.4) is 0 Å². The Bertz CT molecular complexity index is 185. The Morgan fingerprint density at radius 3 is 2.80 bits per heavy atom. The van der Waals surface area contributed by atoms with Crippen molar-refractivity contribution in [1.29, 1.82) is 5.41 Å². The van der Waals surface area contributed by atoms with E-state index in [4.69, 9.17) is 11.1 Å². The maximum absolute atomic E-state index is 12.3. The van der Waals surface area contributed by atoms with Crippen LogP contribution in [0, 0.1) is 5.41 Å². The van der Waals surface area contributed by atoms with Crippen molar-refractivity contribution in [3.63, 3.8) is 0 Å². The third kappa shape index (κ3) is 1.33. The first-order chi connectivity index (χ1) is 4.72. The normalized spacial score (nSPS) is 19.3. The fourth-order valence-corrected chi connectivity index (χ4v) is 0.954. The monoisotopic (exact) mass is 143 g/mol. The minimum Gasteiger partial charge on any atom is -0.401 e. The van der Waals surface area contributed by atoms with Crippen molar-refractivity contribution in [2.75, 3.05) is 13.1 Å². The van der Waals surface area contributed by atoms with E-state index in [0.29, 0.717) is 30.8 Å². The van der Waals surface area contributed by atoms with E-state index < -0.39 is 5.97 Å². The fraction of sp³-hybridized carbons (Fsp3) is 0.500. The molecular formula is C6H10FN3. The standard InChI is InChI=1S/C6H10FN3/c7-6(9)4-1-2-10-3-5(4)8/h9-10H,1-3,8H2. The number of rotatable bonds is 1. The Morgan fingerprint density at radius 1 is 1.70 bits per heavy atom. The summed E-state index contributed by atoms with van der Waals surface area (Å²) in [5, 5.41) is 9.66. The SMILES string of the molecule is N=C(F)C1=C(N)CNCC1. The lowest BCUT2D eigenvalue weighted by Crippen LogP contribution is -2.30. The predicted octanol–water partition coefficient (Wildman–Crippen LogP) is 0.139. The lowest BCUT2D eigenvalue weighted by atomic mass is 10.1. The zero-order valence-electron chi connectivity index (χ0n) is 5.58. The minimum absolute atomic E-state index is 0.360. The van der Waals surface area contributed by atoms with Crippen LogP contribution in [0.15, 0.2) is 11.3 Å². The number of hydrogen-bond acceptors (Lipinski definition) is 3. The second-order valence-corrected chi connectivity index (χ2v) is 2.24. The molecule has 0 saturated carbocycles. The molecule has 1 rings (SSSR count). The van der Waals surface area contributed by atoms with E-state index in [-0.39, 0.29) is 0 Å². The van der Waals surface area contributed by atoms with Gasteiger partial charge < -0.3 is 11.1 Å².